The van der Waals surface area contributed by atoms with E-state index in [0.29, 0.717) is 12.3 Å². The van der Waals surface area contributed by atoms with Gasteiger partial charge in [-0.2, -0.15) is 0 Å². The Morgan fingerprint density at radius 3 is 2.62 bits per heavy atom. The fourth-order valence-corrected chi connectivity index (χ4v) is 3.78. The predicted molar refractivity (Wildman–Crippen MR) is 98.3 cm³/mol. The lowest BCUT2D eigenvalue weighted by molar-refractivity contribution is -0.125. The van der Waals surface area contributed by atoms with Crippen molar-refractivity contribution < 1.29 is 4.79 Å². The fraction of sp³-hybridized carbons (Fsp3) is 0.235. The summed E-state index contributed by atoms with van der Waals surface area (Å²) in [6.45, 7) is 0.680. The first-order chi connectivity index (χ1) is 11.6. The Hall–Kier alpha value is -2.12. The smallest absolute Gasteiger partial charge is 0.232 e. The van der Waals surface area contributed by atoms with Gasteiger partial charge in [0.1, 0.15) is 0 Å². The van der Waals surface area contributed by atoms with Crippen molar-refractivity contribution in [1.82, 2.24) is 19.7 Å². The minimum Gasteiger partial charge on any atom is -0.348 e. The van der Waals surface area contributed by atoms with Gasteiger partial charge in [0.05, 0.1) is 17.2 Å². The highest BCUT2D eigenvalue weighted by atomic mass is 32.2. The maximum atomic E-state index is 11.9. The molecule has 3 rings (SSSR count). The Balaban J connectivity index is 1.89. The van der Waals surface area contributed by atoms with Crippen LogP contribution in [0.25, 0.3) is 10.7 Å². The topological polar surface area (TPSA) is 51.0 Å². The normalized spacial score (nSPS) is 10.8. The number of thiophene rings is 1. The van der Waals surface area contributed by atoms with E-state index in [1.54, 1.807) is 30.3 Å². The highest BCUT2D eigenvalue weighted by Gasteiger charge is 2.17. The molecule has 0 saturated carbocycles. The highest BCUT2D eigenvalue weighted by molar-refractivity contribution is 7.99. The van der Waals surface area contributed by atoms with Gasteiger partial charge in [-0.25, -0.2) is 0 Å². The van der Waals surface area contributed by atoms with Crippen molar-refractivity contribution in [2.24, 2.45) is 0 Å². The number of rotatable bonds is 6. The summed E-state index contributed by atoms with van der Waals surface area (Å²) >= 11 is 3.06. The maximum absolute atomic E-state index is 11.9. The van der Waals surface area contributed by atoms with Crippen molar-refractivity contribution in [2.75, 3.05) is 19.8 Å². The van der Waals surface area contributed by atoms with Crippen LogP contribution in [0.1, 0.15) is 5.56 Å². The van der Waals surface area contributed by atoms with Crippen LogP contribution < -0.4 is 0 Å². The Morgan fingerprint density at radius 2 is 1.96 bits per heavy atom. The Morgan fingerprint density at radius 1 is 1.17 bits per heavy atom. The number of nitrogens with zero attached hydrogens (tertiary/aromatic N) is 4. The second-order valence-corrected chi connectivity index (χ2v) is 7.32. The zero-order valence-corrected chi connectivity index (χ0v) is 15.2. The van der Waals surface area contributed by atoms with Crippen LogP contribution in [0.5, 0.6) is 0 Å². The average Bonchev–Trinajstić information content (AvgIpc) is 3.23. The molecule has 0 fully saturated rings. The minimum absolute atomic E-state index is 0.0620. The molecule has 0 bridgehead atoms. The van der Waals surface area contributed by atoms with Gasteiger partial charge in [-0.15, -0.1) is 21.5 Å². The molecule has 0 aliphatic rings. The molecule has 3 aromatic rings. The van der Waals surface area contributed by atoms with Crippen LogP contribution >= 0.6 is 23.1 Å². The molecule has 1 amide bonds. The summed E-state index contributed by atoms with van der Waals surface area (Å²) in [5, 5.41) is 11.5. The van der Waals surface area contributed by atoms with Gasteiger partial charge in [0.15, 0.2) is 11.0 Å². The molecule has 0 aliphatic carbocycles. The molecule has 2 heterocycles. The molecule has 24 heavy (non-hydrogen) atoms. The molecule has 0 unspecified atom stereocenters. The third-order valence-corrected chi connectivity index (χ3v) is 5.28. The molecule has 0 saturated heterocycles. The number of aromatic nitrogens is 3. The molecule has 0 spiro atoms. The van der Waals surface area contributed by atoms with Crippen molar-refractivity contribution in [3.63, 3.8) is 0 Å². The molecule has 1 aromatic carbocycles. The summed E-state index contributed by atoms with van der Waals surface area (Å²) in [6, 6.07) is 14.2. The van der Waals surface area contributed by atoms with Gasteiger partial charge in [-0.05, 0) is 17.0 Å². The van der Waals surface area contributed by atoms with Gasteiger partial charge >= 0.3 is 0 Å². The summed E-state index contributed by atoms with van der Waals surface area (Å²) in [5.74, 6) is 1.25. The van der Waals surface area contributed by atoms with Crippen molar-refractivity contribution in [1.29, 1.82) is 0 Å². The predicted octanol–water partition coefficient (Wildman–Crippen LogP) is 3.24. The number of thioether (sulfide) groups is 1. The van der Waals surface area contributed by atoms with Crippen LogP contribution in [0.4, 0.5) is 0 Å². The number of hydrogen-bond acceptors (Lipinski definition) is 5. The first-order valence-corrected chi connectivity index (χ1v) is 9.35. The number of carbonyl (C=O) groups is 1. The number of carbonyl (C=O) groups excluding carboxylic acids is 1. The fourth-order valence-electron chi connectivity index (χ4n) is 2.15. The van der Waals surface area contributed by atoms with Crippen molar-refractivity contribution in [3.05, 3.63) is 53.4 Å². The monoisotopic (exact) mass is 358 g/mol. The molecule has 0 aliphatic heterocycles. The standard InChI is InChI=1S/C17H18N4OS2/c1-20(2)15(22)12-24-17-19-18-16(14-9-6-10-23-14)21(17)11-13-7-4-3-5-8-13/h3-10H,11-12H2,1-2H3. The van der Waals surface area contributed by atoms with Crippen molar-refractivity contribution in [2.45, 2.75) is 11.7 Å². The van der Waals surface area contributed by atoms with E-state index in [0.717, 1.165) is 15.9 Å². The molecule has 0 atom stereocenters. The van der Waals surface area contributed by atoms with Crippen molar-refractivity contribution in [3.8, 4) is 10.7 Å². The zero-order chi connectivity index (χ0) is 16.9. The van der Waals surface area contributed by atoms with E-state index in [2.05, 4.69) is 26.9 Å². The summed E-state index contributed by atoms with van der Waals surface area (Å²) in [6.07, 6.45) is 0. The average molecular weight is 358 g/mol. The lowest BCUT2D eigenvalue weighted by Gasteiger charge is -2.11. The van der Waals surface area contributed by atoms with Crippen LogP contribution in [0.2, 0.25) is 0 Å². The zero-order valence-electron chi connectivity index (χ0n) is 13.5. The van der Waals surface area contributed by atoms with Gasteiger partial charge in [0.25, 0.3) is 0 Å². The van der Waals surface area contributed by atoms with Crippen LogP contribution in [-0.2, 0) is 11.3 Å². The lowest BCUT2D eigenvalue weighted by atomic mass is 10.2. The van der Waals surface area contributed by atoms with Gasteiger partial charge < -0.3 is 4.90 Å². The molecule has 2 aromatic heterocycles. The quantitative estimate of drug-likeness (QED) is 0.635. The van der Waals surface area contributed by atoms with Crippen LogP contribution in [-0.4, -0.2) is 45.4 Å². The highest BCUT2D eigenvalue weighted by Crippen LogP contribution is 2.28. The second-order valence-electron chi connectivity index (χ2n) is 5.43. The van der Waals surface area contributed by atoms with E-state index in [-0.39, 0.29) is 5.91 Å². The van der Waals surface area contributed by atoms with E-state index in [9.17, 15) is 4.79 Å². The van der Waals surface area contributed by atoms with Gasteiger partial charge in [-0.3, -0.25) is 9.36 Å². The first-order valence-electron chi connectivity index (χ1n) is 7.49. The molecule has 0 radical (unpaired) electrons. The minimum atomic E-state index is 0.0620. The van der Waals surface area contributed by atoms with Gasteiger partial charge in [-0.1, -0.05) is 48.2 Å². The Labute approximate surface area is 149 Å². The SMILES string of the molecule is CN(C)C(=O)CSc1nnc(-c2cccs2)n1Cc1ccccc1. The number of amides is 1. The van der Waals surface area contributed by atoms with E-state index in [1.165, 1.54) is 17.3 Å². The number of hydrogen-bond donors (Lipinski definition) is 0. The Kier molecular flexibility index (Phi) is 5.32. The van der Waals surface area contributed by atoms with Crippen molar-refractivity contribution >= 4 is 29.0 Å². The summed E-state index contributed by atoms with van der Waals surface area (Å²) < 4.78 is 2.08. The van der Waals surface area contributed by atoms with Crippen LogP contribution in [0.3, 0.4) is 0 Å². The van der Waals surface area contributed by atoms with E-state index in [1.807, 2.05) is 35.7 Å². The second kappa shape index (κ2) is 7.63. The molecule has 7 heteroatoms. The van der Waals surface area contributed by atoms with Crippen LogP contribution in [0.15, 0.2) is 53.0 Å². The molecular formula is C17H18N4OS2. The summed E-state index contributed by atoms with van der Waals surface area (Å²) in [5.41, 5.74) is 1.18. The lowest BCUT2D eigenvalue weighted by Crippen LogP contribution is -2.23. The van der Waals surface area contributed by atoms with Gasteiger partial charge in [0, 0.05) is 14.1 Å². The summed E-state index contributed by atoms with van der Waals surface area (Å²) in [4.78, 5) is 14.5. The van der Waals surface area contributed by atoms with E-state index in [4.69, 9.17) is 0 Å². The third kappa shape index (κ3) is 3.85. The Bertz CT molecular complexity index is 797. The molecule has 5 nitrogen and oxygen atoms in total. The summed E-state index contributed by atoms with van der Waals surface area (Å²) in [7, 11) is 3.52. The van der Waals surface area contributed by atoms with Gasteiger partial charge in [0.2, 0.25) is 5.91 Å². The molecular weight excluding hydrogens is 340 g/mol. The van der Waals surface area contributed by atoms with E-state index < -0.39 is 0 Å². The van der Waals surface area contributed by atoms with E-state index >= 15 is 0 Å². The largest absolute Gasteiger partial charge is 0.348 e. The van der Waals surface area contributed by atoms with Crippen LogP contribution in [0, 0.1) is 0 Å². The molecule has 124 valence electrons. The number of benzene rings is 1. The third-order valence-electron chi connectivity index (χ3n) is 3.47. The first kappa shape index (κ1) is 16.7. The molecule has 0 N–H and O–H groups in total. The maximum Gasteiger partial charge on any atom is 0.232 e.